The lowest BCUT2D eigenvalue weighted by Crippen LogP contribution is -2.38. The number of fused-ring (bicyclic) bond motifs is 1. The van der Waals surface area contributed by atoms with Gasteiger partial charge in [-0.2, -0.15) is 0 Å². The quantitative estimate of drug-likeness (QED) is 0.643. The molecule has 3 N–H and O–H groups in total. The molecule has 1 aliphatic heterocycles. The van der Waals surface area contributed by atoms with Gasteiger partial charge in [0.1, 0.15) is 0 Å². The summed E-state index contributed by atoms with van der Waals surface area (Å²) in [5.41, 5.74) is 7.48. The third-order valence-corrected chi connectivity index (χ3v) is 5.96. The number of amides is 3. The van der Waals surface area contributed by atoms with Crippen molar-refractivity contribution in [1.82, 2.24) is 4.90 Å². The molecule has 32 heavy (non-hydrogen) atoms. The fourth-order valence-electron chi connectivity index (χ4n) is 4.45. The van der Waals surface area contributed by atoms with Gasteiger partial charge in [-0.25, -0.2) is 0 Å². The number of nitrogens with two attached hydrogens (primary N) is 1. The number of imide groups is 1. The van der Waals surface area contributed by atoms with E-state index in [0.717, 1.165) is 30.6 Å². The predicted octanol–water partition coefficient (Wildman–Crippen LogP) is 3.27. The van der Waals surface area contributed by atoms with E-state index in [4.69, 9.17) is 15.2 Å². The molecule has 4 rings (SSSR count). The number of rotatable bonds is 7. The van der Waals surface area contributed by atoms with E-state index in [9.17, 15) is 14.4 Å². The number of ether oxygens (including phenoxy) is 2. The van der Waals surface area contributed by atoms with Crippen LogP contribution in [0.25, 0.3) is 0 Å². The topological polar surface area (TPSA) is 111 Å². The Morgan fingerprint density at radius 3 is 2.56 bits per heavy atom. The summed E-state index contributed by atoms with van der Waals surface area (Å²) in [5.74, 6) is -0.0884. The van der Waals surface area contributed by atoms with Crippen LogP contribution < -0.4 is 20.5 Å². The predicted molar refractivity (Wildman–Crippen MR) is 119 cm³/mol. The molecule has 0 bridgehead atoms. The van der Waals surface area contributed by atoms with E-state index < -0.39 is 17.9 Å². The van der Waals surface area contributed by atoms with Crippen molar-refractivity contribution in [3.05, 3.63) is 53.1 Å². The van der Waals surface area contributed by atoms with Gasteiger partial charge in [-0.3, -0.25) is 19.3 Å². The molecule has 0 aromatic heterocycles. The Morgan fingerprint density at radius 2 is 1.91 bits per heavy atom. The van der Waals surface area contributed by atoms with Crippen molar-refractivity contribution in [3.63, 3.8) is 0 Å². The SMILES string of the molecule is COc1ccc(C(CN)N2C(=O)c3cccc(NC(C)=O)c3C2=O)cc1OC1CCCC1. The minimum absolute atomic E-state index is 0.0378. The fraction of sp³-hybridized carbons (Fsp3) is 0.375. The maximum atomic E-state index is 13.3. The van der Waals surface area contributed by atoms with Crippen LogP contribution in [-0.4, -0.2) is 42.4 Å². The molecule has 0 spiro atoms. The first-order valence-electron chi connectivity index (χ1n) is 10.8. The minimum atomic E-state index is -0.690. The molecule has 1 heterocycles. The van der Waals surface area contributed by atoms with Crippen LogP contribution >= 0.6 is 0 Å². The zero-order chi connectivity index (χ0) is 22.8. The van der Waals surface area contributed by atoms with Gasteiger partial charge in [-0.05, 0) is 55.5 Å². The van der Waals surface area contributed by atoms with Crippen LogP contribution in [0, 0.1) is 0 Å². The summed E-state index contributed by atoms with van der Waals surface area (Å²) in [6, 6.07) is 9.48. The Bertz CT molecular complexity index is 1060. The Morgan fingerprint density at radius 1 is 1.16 bits per heavy atom. The van der Waals surface area contributed by atoms with E-state index in [1.165, 1.54) is 6.92 Å². The molecule has 2 aromatic rings. The number of hydrogen-bond donors (Lipinski definition) is 2. The average molecular weight is 437 g/mol. The first-order chi connectivity index (χ1) is 15.4. The summed E-state index contributed by atoms with van der Waals surface area (Å²) in [6.45, 7) is 1.39. The second kappa shape index (κ2) is 9.00. The summed E-state index contributed by atoms with van der Waals surface area (Å²) >= 11 is 0. The Labute approximate surface area is 186 Å². The second-order valence-electron chi connectivity index (χ2n) is 8.08. The fourth-order valence-corrected chi connectivity index (χ4v) is 4.45. The van der Waals surface area contributed by atoms with E-state index in [1.807, 2.05) is 0 Å². The molecule has 0 radical (unpaired) electrons. The van der Waals surface area contributed by atoms with Crippen LogP contribution in [0.15, 0.2) is 36.4 Å². The molecule has 3 amide bonds. The van der Waals surface area contributed by atoms with Crippen molar-refractivity contribution in [3.8, 4) is 11.5 Å². The smallest absolute Gasteiger partial charge is 0.264 e. The minimum Gasteiger partial charge on any atom is -0.493 e. The van der Waals surface area contributed by atoms with Crippen molar-refractivity contribution >= 4 is 23.4 Å². The lowest BCUT2D eigenvalue weighted by atomic mass is 10.0. The van der Waals surface area contributed by atoms with Gasteiger partial charge in [0.05, 0.1) is 36.1 Å². The number of anilines is 1. The van der Waals surface area contributed by atoms with Gasteiger partial charge in [0.15, 0.2) is 11.5 Å². The first-order valence-corrected chi connectivity index (χ1v) is 10.8. The molecular weight excluding hydrogens is 410 g/mol. The van der Waals surface area contributed by atoms with Gasteiger partial charge < -0.3 is 20.5 Å². The highest BCUT2D eigenvalue weighted by Crippen LogP contribution is 2.38. The monoisotopic (exact) mass is 437 g/mol. The lowest BCUT2D eigenvalue weighted by molar-refractivity contribution is -0.114. The largest absolute Gasteiger partial charge is 0.493 e. The van der Waals surface area contributed by atoms with Gasteiger partial charge in [0.25, 0.3) is 11.8 Å². The molecule has 1 atom stereocenters. The molecule has 168 valence electrons. The van der Waals surface area contributed by atoms with E-state index >= 15 is 0 Å². The highest BCUT2D eigenvalue weighted by Gasteiger charge is 2.42. The Hall–Kier alpha value is -3.39. The van der Waals surface area contributed by atoms with Gasteiger partial charge in [-0.15, -0.1) is 0 Å². The maximum absolute atomic E-state index is 13.3. The number of nitrogens with zero attached hydrogens (tertiary/aromatic N) is 1. The van der Waals surface area contributed by atoms with Gasteiger partial charge >= 0.3 is 0 Å². The summed E-state index contributed by atoms with van der Waals surface area (Å²) in [7, 11) is 1.57. The van der Waals surface area contributed by atoms with E-state index in [2.05, 4.69) is 5.32 Å². The standard InChI is InChI=1S/C24H27N3O5/c1-14(28)26-18-9-5-8-17-22(18)24(30)27(23(17)29)19(13-25)15-10-11-20(31-2)21(12-15)32-16-6-3-4-7-16/h5,8-12,16,19H,3-4,6-7,13,25H2,1-2H3,(H,26,28). The summed E-state index contributed by atoms with van der Waals surface area (Å²) < 4.78 is 11.6. The Balaban J connectivity index is 1.68. The van der Waals surface area contributed by atoms with Gasteiger partial charge in [0.2, 0.25) is 5.91 Å². The second-order valence-corrected chi connectivity index (χ2v) is 8.08. The number of nitrogens with one attached hydrogen (secondary N) is 1. The lowest BCUT2D eigenvalue weighted by Gasteiger charge is -2.26. The van der Waals surface area contributed by atoms with Crippen LogP contribution in [0.4, 0.5) is 5.69 Å². The van der Waals surface area contributed by atoms with Crippen molar-refractivity contribution in [2.75, 3.05) is 19.0 Å². The molecule has 1 unspecified atom stereocenters. The van der Waals surface area contributed by atoms with Crippen molar-refractivity contribution in [1.29, 1.82) is 0 Å². The molecule has 1 fully saturated rings. The summed E-state index contributed by atoms with van der Waals surface area (Å²) in [6.07, 6.45) is 4.35. The highest BCUT2D eigenvalue weighted by atomic mass is 16.5. The summed E-state index contributed by atoms with van der Waals surface area (Å²) in [5, 5.41) is 2.63. The molecule has 8 nitrogen and oxygen atoms in total. The van der Waals surface area contributed by atoms with Crippen LogP contribution in [0.1, 0.15) is 64.9 Å². The van der Waals surface area contributed by atoms with Crippen molar-refractivity contribution in [2.24, 2.45) is 5.73 Å². The highest BCUT2D eigenvalue weighted by molar-refractivity contribution is 6.24. The van der Waals surface area contributed by atoms with Crippen LogP contribution in [0.2, 0.25) is 0 Å². The number of methoxy groups -OCH3 is 1. The number of hydrogen-bond acceptors (Lipinski definition) is 6. The molecule has 0 saturated heterocycles. The maximum Gasteiger partial charge on any atom is 0.264 e. The molecule has 2 aliphatic rings. The zero-order valence-corrected chi connectivity index (χ0v) is 18.2. The molecule has 1 saturated carbocycles. The van der Waals surface area contributed by atoms with Crippen LogP contribution in [0.3, 0.4) is 0 Å². The van der Waals surface area contributed by atoms with Crippen LogP contribution in [-0.2, 0) is 4.79 Å². The van der Waals surface area contributed by atoms with E-state index in [0.29, 0.717) is 22.7 Å². The Kier molecular flexibility index (Phi) is 6.14. The van der Waals surface area contributed by atoms with Crippen molar-refractivity contribution in [2.45, 2.75) is 44.8 Å². The zero-order valence-electron chi connectivity index (χ0n) is 18.2. The summed E-state index contributed by atoms with van der Waals surface area (Å²) in [4.78, 5) is 39.2. The van der Waals surface area contributed by atoms with Crippen LogP contribution in [0.5, 0.6) is 11.5 Å². The van der Waals surface area contributed by atoms with E-state index in [1.54, 1.807) is 43.5 Å². The number of carbonyl (C=O) groups is 3. The molecule has 1 aliphatic carbocycles. The average Bonchev–Trinajstić information content (AvgIpc) is 3.37. The molecular formula is C24H27N3O5. The number of benzene rings is 2. The molecule has 2 aromatic carbocycles. The number of carbonyl (C=O) groups excluding carboxylic acids is 3. The van der Waals surface area contributed by atoms with Crippen molar-refractivity contribution < 1.29 is 23.9 Å². The third kappa shape index (κ3) is 3.93. The normalized spacial score (nSPS) is 16.8. The van der Waals surface area contributed by atoms with E-state index in [-0.39, 0.29) is 29.7 Å². The third-order valence-electron chi connectivity index (χ3n) is 5.96. The molecule has 8 heteroatoms. The van der Waals surface area contributed by atoms with Gasteiger partial charge in [-0.1, -0.05) is 12.1 Å². The van der Waals surface area contributed by atoms with Gasteiger partial charge in [0, 0.05) is 13.5 Å². The first kappa shape index (κ1) is 21.8.